The van der Waals surface area contributed by atoms with E-state index in [1.807, 2.05) is 0 Å². The molecule has 2 aromatic carbocycles. The van der Waals surface area contributed by atoms with Crippen LogP contribution in [0.3, 0.4) is 0 Å². The van der Waals surface area contributed by atoms with Crippen LogP contribution in [-0.2, 0) is 9.59 Å². The minimum Gasteiger partial charge on any atom is -0.322 e. The molecule has 27 heavy (non-hydrogen) atoms. The molecule has 0 aliphatic carbocycles. The van der Waals surface area contributed by atoms with Crippen molar-refractivity contribution in [2.24, 2.45) is 0 Å². The first kappa shape index (κ1) is 16.9. The Labute approximate surface area is 152 Å². The lowest BCUT2D eigenvalue weighted by Crippen LogP contribution is -2.36. The van der Waals surface area contributed by atoms with Crippen molar-refractivity contribution in [2.75, 3.05) is 10.6 Å². The van der Waals surface area contributed by atoms with Crippen LogP contribution < -0.4 is 10.6 Å². The molecule has 2 amide bonds. The van der Waals surface area contributed by atoms with Crippen LogP contribution in [0.15, 0.2) is 54.7 Å². The Hall–Kier alpha value is -3.55. The van der Waals surface area contributed by atoms with Gasteiger partial charge in [-0.2, -0.15) is 5.10 Å². The number of nitrogens with one attached hydrogen (secondary N) is 2. The summed E-state index contributed by atoms with van der Waals surface area (Å²) in [6.45, 7) is 0. The van der Waals surface area contributed by atoms with E-state index in [9.17, 15) is 18.4 Å². The molecule has 0 spiro atoms. The van der Waals surface area contributed by atoms with Crippen molar-refractivity contribution in [3.63, 3.8) is 0 Å². The van der Waals surface area contributed by atoms with Gasteiger partial charge in [-0.15, -0.1) is 0 Å². The predicted octanol–water partition coefficient (Wildman–Crippen LogP) is 3.35. The summed E-state index contributed by atoms with van der Waals surface area (Å²) in [6.07, 6.45) is 1.37. The lowest BCUT2D eigenvalue weighted by atomic mass is 10.1. The molecule has 1 atom stereocenters. The summed E-state index contributed by atoms with van der Waals surface area (Å²) < 4.78 is 28.3. The highest BCUT2D eigenvalue weighted by Gasteiger charge is 2.33. The summed E-state index contributed by atoms with van der Waals surface area (Å²) in [5.74, 6) is -1.53. The van der Waals surface area contributed by atoms with Crippen LogP contribution in [0.25, 0.3) is 11.1 Å². The third kappa shape index (κ3) is 3.17. The predicted molar refractivity (Wildman–Crippen MR) is 94.9 cm³/mol. The van der Waals surface area contributed by atoms with Crippen LogP contribution in [0.1, 0.15) is 12.5 Å². The Morgan fingerprint density at radius 1 is 1.15 bits per heavy atom. The molecular formula is C19H14F2N4O2. The van der Waals surface area contributed by atoms with Crippen molar-refractivity contribution in [2.45, 2.75) is 12.5 Å². The quantitative estimate of drug-likeness (QED) is 0.744. The zero-order valence-electron chi connectivity index (χ0n) is 13.9. The Morgan fingerprint density at radius 3 is 2.63 bits per heavy atom. The number of carbonyl (C=O) groups excluding carboxylic acids is 2. The lowest BCUT2D eigenvalue weighted by molar-refractivity contribution is -0.125. The number of fused-ring (bicyclic) bond motifs is 1. The number of hydrogen-bond acceptors (Lipinski definition) is 3. The van der Waals surface area contributed by atoms with Gasteiger partial charge in [0.05, 0.1) is 18.3 Å². The Bertz CT molecular complexity index is 1030. The standard InChI is InChI=1S/C19H14F2N4O2/c20-12-7-5-11(6-8-12)13-10-22-25-16(9-17(26)24-18(13)25)19(27)23-15-4-2-1-3-14(15)21/h1-8,10,16H,9H2,(H,23,27)(H,24,26). The van der Waals surface area contributed by atoms with E-state index in [1.165, 1.54) is 41.2 Å². The average Bonchev–Trinajstić information content (AvgIpc) is 3.07. The SMILES string of the molecule is O=C1CC(C(=O)Nc2ccccc2F)n2ncc(-c3ccc(F)cc3)c2N1. The van der Waals surface area contributed by atoms with Crippen molar-refractivity contribution in [1.82, 2.24) is 9.78 Å². The van der Waals surface area contributed by atoms with Crippen molar-refractivity contribution in [3.05, 3.63) is 66.4 Å². The van der Waals surface area contributed by atoms with Gasteiger partial charge >= 0.3 is 0 Å². The van der Waals surface area contributed by atoms with Crippen LogP contribution in [0.4, 0.5) is 20.3 Å². The Morgan fingerprint density at radius 2 is 1.89 bits per heavy atom. The number of para-hydroxylation sites is 1. The molecule has 0 fully saturated rings. The molecule has 0 radical (unpaired) electrons. The van der Waals surface area contributed by atoms with Crippen LogP contribution in [0.5, 0.6) is 0 Å². The molecule has 1 aliphatic heterocycles. The monoisotopic (exact) mass is 368 g/mol. The number of halogens is 2. The summed E-state index contributed by atoms with van der Waals surface area (Å²) in [6, 6.07) is 10.6. The van der Waals surface area contributed by atoms with E-state index in [4.69, 9.17) is 0 Å². The molecule has 4 rings (SSSR count). The number of rotatable bonds is 3. The fourth-order valence-electron chi connectivity index (χ4n) is 2.99. The number of aromatic nitrogens is 2. The van der Waals surface area contributed by atoms with Crippen molar-refractivity contribution >= 4 is 23.3 Å². The number of carbonyl (C=O) groups is 2. The highest BCUT2D eigenvalue weighted by molar-refractivity contribution is 6.03. The van der Waals surface area contributed by atoms with Gasteiger partial charge in [0.25, 0.3) is 0 Å². The maximum absolute atomic E-state index is 13.8. The highest BCUT2D eigenvalue weighted by Crippen LogP contribution is 2.34. The fraction of sp³-hybridized carbons (Fsp3) is 0.105. The topological polar surface area (TPSA) is 76.0 Å². The molecular weight excluding hydrogens is 354 g/mol. The molecule has 0 saturated heterocycles. The second-order valence-corrected chi connectivity index (χ2v) is 6.10. The van der Waals surface area contributed by atoms with Gasteiger partial charge in [0.15, 0.2) is 0 Å². The van der Waals surface area contributed by atoms with Gasteiger partial charge in [0.1, 0.15) is 23.5 Å². The highest BCUT2D eigenvalue weighted by atomic mass is 19.1. The van der Waals surface area contributed by atoms with E-state index < -0.39 is 17.8 Å². The maximum Gasteiger partial charge on any atom is 0.249 e. The molecule has 8 heteroatoms. The first-order chi connectivity index (χ1) is 13.0. The summed E-state index contributed by atoms with van der Waals surface area (Å²) in [5, 5.41) is 9.40. The van der Waals surface area contributed by atoms with Crippen LogP contribution in [-0.4, -0.2) is 21.6 Å². The second-order valence-electron chi connectivity index (χ2n) is 6.10. The van der Waals surface area contributed by atoms with Crippen LogP contribution >= 0.6 is 0 Å². The first-order valence-electron chi connectivity index (χ1n) is 8.21. The molecule has 0 bridgehead atoms. The molecule has 1 unspecified atom stereocenters. The molecule has 1 aromatic heterocycles. The van der Waals surface area contributed by atoms with Gasteiger partial charge in [-0.25, -0.2) is 13.5 Å². The first-order valence-corrected chi connectivity index (χ1v) is 8.21. The number of amides is 2. The number of nitrogens with zero attached hydrogens (tertiary/aromatic N) is 2. The van der Waals surface area contributed by atoms with E-state index in [-0.39, 0.29) is 23.8 Å². The molecule has 1 aliphatic rings. The van der Waals surface area contributed by atoms with Gasteiger partial charge in [0, 0.05) is 5.56 Å². The van der Waals surface area contributed by atoms with Gasteiger partial charge in [0.2, 0.25) is 11.8 Å². The van der Waals surface area contributed by atoms with Gasteiger partial charge in [-0.1, -0.05) is 24.3 Å². The maximum atomic E-state index is 13.8. The molecule has 0 saturated carbocycles. The molecule has 136 valence electrons. The average molecular weight is 368 g/mol. The largest absolute Gasteiger partial charge is 0.322 e. The smallest absolute Gasteiger partial charge is 0.249 e. The normalized spacial score (nSPS) is 15.8. The van der Waals surface area contributed by atoms with Crippen molar-refractivity contribution in [1.29, 1.82) is 0 Å². The van der Waals surface area contributed by atoms with Crippen LogP contribution in [0.2, 0.25) is 0 Å². The molecule has 2 N–H and O–H groups in total. The second kappa shape index (κ2) is 6.64. The summed E-state index contributed by atoms with van der Waals surface area (Å²) >= 11 is 0. The molecule has 2 heterocycles. The van der Waals surface area contributed by atoms with Gasteiger partial charge in [-0.05, 0) is 29.8 Å². The van der Waals surface area contributed by atoms with Gasteiger partial charge in [-0.3, -0.25) is 9.59 Å². The minimum absolute atomic E-state index is 0.0287. The summed E-state index contributed by atoms with van der Waals surface area (Å²) in [7, 11) is 0. The van der Waals surface area contributed by atoms with Gasteiger partial charge < -0.3 is 10.6 Å². The van der Waals surface area contributed by atoms with Crippen molar-refractivity contribution < 1.29 is 18.4 Å². The van der Waals surface area contributed by atoms with E-state index in [0.29, 0.717) is 16.9 Å². The zero-order chi connectivity index (χ0) is 19.0. The fourth-order valence-corrected chi connectivity index (χ4v) is 2.99. The van der Waals surface area contributed by atoms with Crippen molar-refractivity contribution in [3.8, 4) is 11.1 Å². The van der Waals surface area contributed by atoms with E-state index in [2.05, 4.69) is 15.7 Å². The molecule has 3 aromatic rings. The number of hydrogen-bond donors (Lipinski definition) is 2. The summed E-state index contributed by atoms with van der Waals surface area (Å²) in [4.78, 5) is 24.8. The number of benzene rings is 2. The molecule has 6 nitrogen and oxygen atoms in total. The Kier molecular flexibility index (Phi) is 4.15. The van der Waals surface area contributed by atoms with Crippen LogP contribution in [0, 0.1) is 11.6 Å². The van der Waals surface area contributed by atoms with E-state index in [1.54, 1.807) is 18.2 Å². The summed E-state index contributed by atoms with van der Waals surface area (Å²) in [5.41, 5.74) is 1.24. The van der Waals surface area contributed by atoms with E-state index in [0.717, 1.165) is 0 Å². The van der Waals surface area contributed by atoms with E-state index >= 15 is 0 Å². The minimum atomic E-state index is -0.928. The third-order valence-corrected chi connectivity index (χ3v) is 4.32. The lowest BCUT2D eigenvalue weighted by Gasteiger charge is -2.24. The zero-order valence-corrected chi connectivity index (χ0v) is 13.9. The Balaban J connectivity index is 1.67. The third-order valence-electron chi connectivity index (χ3n) is 4.32. The number of anilines is 2.